The van der Waals surface area contributed by atoms with Crippen LogP contribution < -0.4 is 0 Å². The van der Waals surface area contributed by atoms with Crippen LogP contribution in [0.15, 0.2) is 0 Å². The molecule has 0 spiro atoms. The Morgan fingerprint density at radius 2 is 1.70 bits per heavy atom. The molecule has 0 amide bonds. The fourth-order valence-electron chi connectivity index (χ4n) is 9.24. The largest absolute Gasteiger partial charge is 0.393 e. The van der Waals surface area contributed by atoms with Crippen molar-refractivity contribution in [1.29, 1.82) is 0 Å². The average Bonchev–Trinajstić information content (AvgIpc) is 3.01. The maximum absolute atomic E-state index is 15.6. The van der Waals surface area contributed by atoms with Crippen LogP contribution in [0, 0.1) is 46.3 Å². The lowest BCUT2D eigenvalue weighted by molar-refractivity contribution is -0.249. The fourth-order valence-corrected chi connectivity index (χ4v) is 9.24. The molecule has 0 aromatic heterocycles. The highest BCUT2D eigenvalue weighted by Gasteiger charge is 2.67. The molecule has 30 heavy (non-hydrogen) atoms. The second kappa shape index (κ2) is 8.01. The van der Waals surface area contributed by atoms with Gasteiger partial charge in [0, 0.05) is 11.8 Å². The van der Waals surface area contributed by atoms with Crippen LogP contribution in [-0.4, -0.2) is 28.1 Å². The van der Waals surface area contributed by atoms with Crippen molar-refractivity contribution in [2.45, 2.75) is 123 Å². The minimum atomic E-state index is -1.33. The fraction of sp³-hybridized carbons (Fsp3) is 1.00. The number of aliphatic hydroxyl groups is 2. The highest BCUT2D eigenvalue weighted by atomic mass is 18.2. The van der Waals surface area contributed by atoms with Crippen molar-refractivity contribution in [3.8, 4) is 0 Å². The van der Waals surface area contributed by atoms with Crippen molar-refractivity contribution < 1.29 is 14.6 Å². The van der Waals surface area contributed by atoms with Gasteiger partial charge in [-0.25, -0.2) is 4.39 Å². The van der Waals surface area contributed by atoms with Crippen LogP contribution in [0.25, 0.3) is 0 Å². The van der Waals surface area contributed by atoms with Crippen molar-refractivity contribution in [3.05, 3.63) is 0 Å². The van der Waals surface area contributed by atoms with Gasteiger partial charge in [-0.15, -0.1) is 0 Å². The second-order valence-electron chi connectivity index (χ2n) is 12.8. The molecule has 0 aliphatic heterocycles. The van der Waals surface area contributed by atoms with E-state index in [1.54, 1.807) is 0 Å². The first-order valence-electron chi connectivity index (χ1n) is 13.1. The van der Waals surface area contributed by atoms with Gasteiger partial charge < -0.3 is 10.2 Å². The van der Waals surface area contributed by atoms with E-state index in [0.29, 0.717) is 36.0 Å². The number of aliphatic hydroxyl groups excluding tert-OH is 1. The summed E-state index contributed by atoms with van der Waals surface area (Å²) in [6, 6.07) is 0. The molecule has 0 radical (unpaired) electrons. The molecular weight excluding hydrogens is 374 g/mol. The molecule has 2 nitrogen and oxygen atoms in total. The predicted molar refractivity (Wildman–Crippen MR) is 121 cm³/mol. The lowest BCUT2D eigenvalue weighted by Gasteiger charge is -2.64. The molecule has 2 N–H and O–H groups in total. The summed E-state index contributed by atoms with van der Waals surface area (Å²) in [6.45, 7) is 11.8. The summed E-state index contributed by atoms with van der Waals surface area (Å²) in [7, 11) is 0. The van der Waals surface area contributed by atoms with Crippen LogP contribution in [0.1, 0.15) is 105 Å². The summed E-state index contributed by atoms with van der Waals surface area (Å²) in [5.41, 5.74) is -1.36. The zero-order chi connectivity index (χ0) is 21.9. The van der Waals surface area contributed by atoms with E-state index in [1.807, 2.05) is 0 Å². The Balaban J connectivity index is 1.53. The summed E-state index contributed by atoms with van der Waals surface area (Å²) in [5.74, 6) is 3.76. The van der Waals surface area contributed by atoms with Crippen molar-refractivity contribution in [1.82, 2.24) is 0 Å². The Hall–Kier alpha value is -0.150. The Morgan fingerprint density at radius 3 is 2.40 bits per heavy atom. The van der Waals surface area contributed by atoms with Crippen LogP contribution in [0.5, 0.6) is 0 Å². The van der Waals surface area contributed by atoms with Crippen molar-refractivity contribution in [2.75, 3.05) is 0 Å². The Bertz CT molecular complexity index is 622. The zero-order valence-electron chi connectivity index (χ0n) is 20.2. The normalized spacial score (nSPS) is 51.9. The SMILES string of the molecule is CC(C)CCC[C@@H](C)[C@H]1CC[C@H]2[C@@H]3C[C@@H]([18F])[C@@]4(O)C[C@@H](O)CC[C@]4(C)[C@H]3CC[C@]12C. The molecule has 0 unspecified atom stereocenters. The molecule has 174 valence electrons. The molecule has 10 atom stereocenters. The van der Waals surface area contributed by atoms with Gasteiger partial charge in [0.25, 0.3) is 0 Å². The first kappa shape index (κ1) is 23.0. The van der Waals surface area contributed by atoms with E-state index in [9.17, 15) is 10.2 Å². The van der Waals surface area contributed by atoms with E-state index in [1.165, 1.54) is 38.5 Å². The highest BCUT2D eigenvalue weighted by Crippen LogP contribution is 2.69. The van der Waals surface area contributed by atoms with E-state index < -0.39 is 17.9 Å². The third kappa shape index (κ3) is 3.40. The zero-order valence-corrected chi connectivity index (χ0v) is 20.2. The summed E-state index contributed by atoms with van der Waals surface area (Å²) >= 11 is 0. The van der Waals surface area contributed by atoms with Crippen LogP contribution in [0.2, 0.25) is 0 Å². The summed E-state index contributed by atoms with van der Waals surface area (Å²) in [5, 5.41) is 21.7. The molecule has 4 saturated carbocycles. The average molecular weight is 422 g/mol. The Labute approximate surface area is 184 Å². The van der Waals surface area contributed by atoms with Crippen LogP contribution >= 0.6 is 0 Å². The summed E-state index contributed by atoms with van der Waals surface area (Å²) in [6.07, 6.45) is 9.41. The summed E-state index contributed by atoms with van der Waals surface area (Å²) < 4.78 is 15.6. The highest BCUT2D eigenvalue weighted by molar-refractivity contribution is 5.17. The van der Waals surface area contributed by atoms with Gasteiger partial charge in [0.2, 0.25) is 0 Å². The van der Waals surface area contributed by atoms with Gasteiger partial charge >= 0.3 is 0 Å². The number of fused-ring (bicyclic) bond motifs is 5. The third-order valence-electron chi connectivity index (χ3n) is 11.0. The van der Waals surface area contributed by atoms with E-state index in [-0.39, 0.29) is 11.8 Å². The maximum Gasteiger partial charge on any atom is 0.130 e. The summed E-state index contributed by atoms with van der Waals surface area (Å²) in [4.78, 5) is 0. The number of halogens is 1. The van der Waals surface area contributed by atoms with Gasteiger partial charge in [0.05, 0.1) is 6.10 Å². The number of hydrogen-bond acceptors (Lipinski definition) is 2. The Kier molecular flexibility index (Phi) is 6.15. The van der Waals surface area contributed by atoms with E-state index in [2.05, 4.69) is 34.6 Å². The van der Waals surface area contributed by atoms with Crippen molar-refractivity contribution in [2.24, 2.45) is 46.3 Å². The first-order valence-corrected chi connectivity index (χ1v) is 13.1. The third-order valence-corrected chi connectivity index (χ3v) is 11.0. The topological polar surface area (TPSA) is 40.5 Å². The van der Waals surface area contributed by atoms with E-state index in [4.69, 9.17) is 0 Å². The predicted octanol–water partition coefficient (Wildman–Crippen LogP) is 6.53. The molecule has 4 rings (SSSR count). The number of rotatable bonds is 5. The number of hydrogen-bond donors (Lipinski definition) is 2. The first-order chi connectivity index (χ1) is 14.0. The van der Waals surface area contributed by atoms with Gasteiger partial charge in [-0.1, -0.05) is 53.9 Å². The van der Waals surface area contributed by atoms with Gasteiger partial charge in [-0.05, 0) is 85.9 Å². The molecule has 0 bridgehead atoms. The number of alkyl halides is 1. The van der Waals surface area contributed by atoms with E-state index >= 15 is 4.39 Å². The van der Waals surface area contributed by atoms with Crippen LogP contribution in [-0.2, 0) is 0 Å². The quantitative estimate of drug-likeness (QED) is 0.530. The molecule has 4 aliphatic carbocycles. The molecule has 4 aliphatic rings. The van der Waals surface area contributed by atoms with Gasteiger partial charge in [0.1, 0.15) is 11.8 Å². The monoisotopic (exact) mass is 421 g/mol. The van der Waals surface area contributed by atoms with Crippen molar-refractivity contribution >= 4 is 0 Å². The minimum absolute atomic E-state index is 0.228. The van der Waals surface area contributed by atoms with Gasteiger partial charge in [-0.2, -0.15) is 0 Å². The second-order valence-corrected chi connectivity index (χ2v) is 12.8. The Morgan fingerprint density at radius 1 is 0.967 bits per heavy atom. The van der Waals surface area contributed by atoms with E-state index in [0.717, 1.165) is 30.6 Å². The minimum Gasteiger partial charge on any atom is -0.393 e. The van der Waals surface area contributed by atoms with Crippen molar-refractivity contribution in [3.63, 3.8) is 0 Å². The van der Waals surface area contributed by atoms with Crippen LogP contribution in [0.3, 0.4) is 0 Å². The molecule has 4 fully saturated rings. The molecule has 0 saturated heterocycles. The standard InChI is InChI=1S/C27H47FO2/c1-17(2)7-6-8-18(3)21-9-10-22-20-15-24(28)27(30)16-19(29)11-14-26(27,5)23(20)12-13-25(21,22)4/h17-24,29-30H,6-16H2,1-5H3/t18-,19+,20+,21-,22+,23+,24-,25-,26-,27+/m1/s1/i28-1. The lowest BCUT2D eigenvalue weighted by Crippen LogP contribution is -2.67. The molecule has 0 aromatic rings. The molecule has 0 aromatic carbocycles. The van der Waals surface area contributed by atoms with Crippen LogP contribution in [0.4, 0.5) is 4.39 Å². The van der Waals surface area contributed by atoms with Gasteiger partial charge in [-0.3, -0.25) is 0 Å². The van der Waals surface area contributed by atoms with Gasteiger partial charge in [0.15, 0.2) is 0 Å². The molecule has 0 heterocycles. The maximum atomic E-state index is 15.6. The lowest BCUT2D eigenvalue weighted by atomic mass is 9.42. The molecule has 3 heteroatoms. The smallest absolute Gasteiger partial charge is 0.130 e. The molecular formula is C27H47FO2.